The van der Waals surface area contributed by atoms with Crippen molar-refractivity contribution in [2.45, 2.75) is 20.3 Å². The number of rotatable bonds is 6. The van der Waals surface area contributed by atoms with E-state index in [0.717, 1.165) is 5.69 Å². The predicted octanol–water partition coefficient (Wildman–Crippen LogP) is 0.784. The van der Waals surface area contributed by atoms with E-state index in [9.17, 15) is 4.79 Å². The second-order valence-electron chi connectivity index (χ2n) is 3.56. The van der Waals surface area contributed by atoms with E-state index >= 15 is 0 Å². The maximum atomic E-state index is 11.1. The summed E-state index contributed by atoms with van der Waals surface area (Å²) in [4.78, 5) is 19.7. The molecule has 0 aliphatic rings. The standard InChI is InChI=1S/C11H16N4O2S/c1-3-17-9(16)4-5-13-11-14-7(2)6-8(15-11)10(12)18/h6H,3-5H2,1-2H3,(H2,12,18)(H,13,14,15). The summed E-state index contributed by atoms with van der Waals surface area (Å²) in [6, 6.07) is 1.71. The molecule has 0 atom stereocenters. The van der Waals surface area contributed by atoms with E-state index in [-0.39, 0.29) is 17.4 Å². The number of hydrogen-bond donors (Lipinski definition) is 2. The third-order valence-electron chi connectivity index (χ3n) is 2.02. The minimum absolute atomic E-state index is 0.217. The first-order valence-corrected chi connectivity index (χ1v) is 5.98. The van der Waals surface area contributed by atoms with Crippen molar-refractivity contribution >= 4 is 29.1 Å². The van der Waals surface area contributed by atoms with E-state index in [0.29, 0.717) is 24.8 Å². The third kappa shape index (κ3) is 4.62. The highest BCUT2D eigenvalue weighted by atomic mass is 32.1. The van der Waals surface area contributed by atoms with Crippen LogP contribution < -0.4 is 11.1 Å². The normalized spacial score (nSPS) is 9.89. The molecule has 3 N–H and O–H groups in total. The van der Waals surface area contributed by atoms with Gasteiger partial charge in [0.25, 0.3) is 0 Å². The minimum Gasteiger partial charge on any atom is -0.466 e. The van der Waals surface area contributed by atoms with E-state index < -0.39 is 0 Å². The van der Waals surface area contributed by atoms with Crippen molar-refractivity contribution in [3.63, 3.8) is 0 Å². The molecule has 1 aromatic heterocycles. The van der Waals surface area contributed by atoms with Gasteiger partial charge in [-0.25, -0.2) is 9.97 Å². The lowest BCUT2D eigenvalue weighted by Crippen LogP contribution is -2.16. The van der Waals surface area contributed by atoms with Crippen LogP contribution in [0.5, 0.6) is 0 Å². The lowest BCUT2D eigenvalue weighted by atomic mass is 10.3. The van der Waals surface area contributed by atoms with Crippen molar-refractivity contribution in [3.05, 3.63) is 17.5 Å². The van der Waals surface area contributed by atoms with E-state index in [1.807, 2.05) is 6.92 Å². The summed E-state index contributed by atoms with van der Waals surface area (Å²) in [5.41, 5.74) is 6.77. The number of nitrogens with two attached hydrogens (primary N) is 1. The molecular weight excluding hydrogens is 252 g/mol. The number of nitrogens with one attached hydrogen (secondary N) is 1. The Kier molecular flexibility index (Phi) is 5.44. The zero-order chi connectivity index (χ0) is 13.5. The molecule has 98 valence electrons. The number of anilines is 1. The number of ether oxygens (including phenoxy) is 1. The van der Waals surface area contributed by atoms with Crippen molar-refractivity contribution in [3.8, 4) is 0 Å². The van der Waals surface area contributed by atoms with Crippen molar-refractivity contribution in [2.24, 2.45) is 5.73 Å². The molecule has 0 aliphatic heterocycles. The molecule has 6 nitrogen and oxygen atoms in total. The summed E-state index contributed by atoms with van der Waals surface area (Å²) < 4.78 is 4.80. The topological polar surface area (TPSA) is 90.1 Å². The minimum atomic E-state index is -0.257. The highest BCUT2D eigenvalue weighted by Gasteiger charge is 2.05. The summed E-state index contributed by atoms with van der Waals surface area (Å²) in [5, 5.41) is 2.93. The van der Waals surface area contributed by atoms with Gasteiger partial charge in [-0.05, 0) is 19.9 Å². The Hall–Kier alpha value is -1.76. The van der Waals surface area contributed by atoms with Gasteiger partial charge in [-0.2, -0.15) is 0 Å². The third-order valence-corrected chi connectivity index (χ3v) is 2.23. The van der Waals surface area contributed by atoms with E-state index in [1.165, 1.54) is 0 Å². The Morgan fingerprint density at radius 3 is 2.89 bits per heavy atom. The van der Waals surface area contributed by atoms with Crippen molar-refractivity contribution in [1.29, 1.82) is 0 Å². The molecule has 0 unspecified atom stereocenters. The first kappa shape index (κ1) is 14.3. The van der Waals surface area contributed by atoms with Gasteiger partial charge in [-0.15, -0.1) is 0 Å². The number of carbonyl (C=O) groups is 1. The molecule has 0 aromatic carbocycles. The number of aromatic nitrogens is 2. The van der Waals surface area contributed by atoms with Gasteiger partial charge < -0.3 is 15.8 Å². The van der Waals surface area contributed by atoms with Gasteiger partial charge in [-0.3, -0.25) is 4.79 Å². The quantitative estimate of drug-likeness (QED) is 0.582. The number of hydrogen-bond acceptors (Lipinski definition) is 6. The summed E-state index contributed by atoms with van der Waals surface area (Å²) in [6.45, 7) is 4.37. The van der Waals surface area contributed by atoms with Crippen molar-refractivity contribution < 1.29 is 9.53 Å². The van der Waals surface area contributed by atoms with Gasteiger partial charge in [0, 0.05) is 12.2 Å². The van der Waals surface area contributed by atoms with Gasteiger partial charge in [0.15, 0.2) is 0 Å². The summed E-state index contributed by atoms with van der Waals surface area (Å²) in [7, 11) is 0. The number of carbonyl (C=O) groups excluding carboxylic acids is 1. The molecule has 0 amide bonds. The molecule has 0 spiro atoms. The van der Waals surface area contributed by atoms with Crippen LogP contribution in [0.4, 0.5) is 5.95 Å². The molecule has 1 heterocycles. The number of nitrogens with zero attached hydrogens (tertiary/aromatic N) is 2. The van der Waals surface area contributed by atoms with Crippen LogP contribution in [0.3, 0.4) is 0 Å². The maximum absolute atomic E-state index is 11.1. The van der Waals surface area contributed by atoms with Crippen molar-refractivity contribution in [2.75, 3.05) is 18.5 Å². The summed E-state index contributed by atoms with van der Waals surface area (Å²) >= 11 is 4.86. The van der Waals surface area contributed by atoms with Gasteiger partial charge in [0.05, 0.1) is 13.0 Å². The average molecular weight is 268 g/mol. The van der Waals surface area contributed by atoms with Crippen LogP contribution in [0.25, 0.3) is 0 Å². The molecule has 0 saturated heterocycles. The zero-order valence-electron chi connectivity index (χ0n) is 10.4. The molecule has 0 aliphatic carbocycles. The molecular formula is C11H16N4O2S. The van der Waals surface area contributed by atoms with E-state index in [1.54, 1.807) is 13.0 Å². The van der Waals surface area contributed by atoms with Gasteiger partial charge >= 0.3 is 5.97 Å². The van der Waals surface area contributed by atoms with Crippen LogP contribution in [0.15, 0.2) is 6.07 Å². The Labute approximate surface area is 111 Å². The van der Waals surface area contributed by atoms with Crippen LogP contribution in [0, 0.1) is 6.92 Å². The largest absolute Gasteiger partial charge is 0.466 e. The van der Waals surface area contributed by atoms with E-state index in [2.05, 4.69) is 15.3 Å². The molecule has 0 bridgehead atoms. The zero-order valence-corrected chi connectivity index (χ0v) is 11.2. The highest BCUT2D eigenvalue weighted by molar-refractivity contribution is 7.80. The lowest BCUT2D eigenvalue weighted by molar-refractivity contribution is -0.142. The smallest absolute Gasteiger partial charge is 0.307 e. The number of thiocarbonyl (C=S) groups is 1. The fourth-order valence-electron chi connectivity index (χ4n) is 1.28. The molecule has 1 rings (SSSR count). The first-order chi connectivity index (χ1) is 8.52. The van der Waals surface area contributed by atoms with Crippen molar-refractivity contribution in [1.82, 2.24) is 9.97 Å². The molecule has 1 aromatic rings. The Morgan fingerprint density at radius 1 is 1.56 bits per heavy atom. The first-order valence-electron chi connectivity index (χ1n) is 5.58. The highest BCUT2D eigenvalue weighted by Crippen LogP contribution is 2.05. The number of aryl methyl sites for hydroxylation is 1. The van der Waals surface area contributed by atoms with Crippen LogP contribution >= 0.6 is 12.2 Å². The second-order valence-corrected chi connectivity index (χ2v) is 4.00. The monoisotopic (exact) mass is 268 g/mol. The summed E-state index contributed by atoms with van der Waals surface area (Å²) in [6.07, 6.45) is 0.257. The number of esters is 1. The maximum Gasteiger partial charge on any atom is 0.307 e. The van der Waals surface area contributed by atoms with Crippen LogP contribution in [0.2, 0.25) is 0 Å². The SMILES string of the molecule is CCOC(=O)CCNc1nc(C)cc(C(N)=S)n1. The van der Waals surface area contributed by atoms with E-state index in [4.69, 9.17) is 22.7 Å². The van der Waals surface area contributed by atoms with Crippen LogP contribution in [-0.2, 0) is 9.53 Å². The van der Waals surface area contributed by atoms with Gasteiger partial charge in [0.2, 0.25) is 5.95 Å². The fraction of sp³-hybridized carbons (Fsp3) is 0.455. The van der Waals surface area contributed by atoms with Gasteiger partial charge in [-0.1, -0.05) is 12.2 Å². The Bertz CT molecular complexity index is 451. The van der Waals surface area contributed by atoms with Crippen LogP contribution in [0.1, 0.15) is 24.7 Å². The van der Waals surface area contributed by atoms with Crippen LogP contribution in [-0.4, -0.2) is 34.1 Å². The average Bonchev–Trinajstić information content (AvgIpc) is 2.28. The lowest BCUT2D eigenvalue weighted by Gasteiger charge is -2.07. The summed E-state index contributed by atoms with van der Waals surface area (Å²) in [5.74, 6) is 0.148. The molecule has 7 heteroatoms. The molecule has 0 saturated carbocycles. The molecule has 0 fully saturated rings. The Morgan fingerprint density at radius 2 is 2.28 bits per heavy atom. The molecule has 18 heavy (non-hydrogen) atoms. The Balaban J connectivity index is 2.57. The predicted molar refractivity (Wildman–Crippen MR) is 72.4 cm³/mol. The molecule has 0 radical (unpaired) electrons. The van der Waals surface area contributed by atoms with Gasteiger partial charge in [0.1, 0.15) is 10.7 Å². The fourth-order valence-corrected chi connectivity index (χ4v) is 1.39. The second kappa shape index (κ2) is 6.85.